The number of benzene rings is 2. The maximum atomic E-state index is 12.0. The summed E-state index contributed by atoms with van der Waals surface area (Å²) in [5.74, 6) is 0.685. The van der Waals surface area contributed by atoms with Crippen LogP contribution in [0.3, 0.4) is 0 Å². The Balaban J connectivity index is 1.48. The third-order valence-corrected chi connectivity index (χ3v) is 4.99. The Kier molecular flexibility index (Phi) is 5.16. The number of ether oxygens (including phenoxy) is 1. The topological polar surface area (TPSA) is 38.3 Å². The zero-order valence-corrected chi connectivity index (χ0v) is 14.8. The maximum Gasteiger partial charge on any atom is 0.257 e. The molecule has 124 valence electrons. The fourth-order valence-corrected chi connectivity index (χ4v) is 3.62. The van der Waals surface area contributed by atoms with Gasteiger partial charge in [-0.15, -0.1) is 11.3 Å². The van der Waals surface area contributed by atoms with Gasteiger partial charge in [0.05, 0.1) is 0 Å². The number of amides is 1. The molecule has 1 aromatic heterocycles. The van der Waals surface area contributed by atoms with Gasteiger partial charge in [0.1, 0.15) is 5.75 Å². The van der Waals surface area contributed by atoms with Crippen LogP contribution < -0.4 is 10.1 Å². The van der Waals surface area contributed by atoms with Crippen LogP contribution in [0.25, 0.3) is 10.1 Å². The third-order valence-electron chi connectivity index (χ3n) is 3.98. The van der Waals surface area contributed by atoms with Crippen molar-refractivity contribution in [2.75, 3.05) is 13.2 Å². The lowest BCUT2D eigenvalue weighted by atomic mass is 10.1. The monoisotopic (exact) mass is 339 g/mol. The van der Waals surface area contributed by atoms with Gasteiger partial charge in [0.15, 0.2) is 6.61 Å². The molecule has 0 aliphatic carbocycles. The molecule has 3 rings (SSSR count). The lowest BCUT2D eigenvalue weighted by Gasteiger charge is -2.10. The Morgan fingerprint density at radius 2 is 2.00 bits per heavy atom. The largest absolute Gasteiger partial charge is 0.483 e. The number of rotatable bonds is 6. The van der Waals surface area contributed by atoms with E-state index in [1.54, 1.807) is 11.3 Å². The van der Waals surface area contributed by atoms with Crippen LogP contribution in [0.1, 0.15) is 16.7 Å². The van der Waals surface area contributed by atoms with Crippen molar-refractivity contribution < 1.29 is 9.53 Å². The number of aryl methyl sites for hydroxylation is 2. The molecule has 3 nitrogen and oxygen atoms in total. The van der Waals surface area contributed by atoms with Crippen LogP contribution in [-0.2, 0) is 11.2 Å². The summed E-state index contributed by atoms with van der Waals surface area (Å²) in [6, 6.07) is 14.4. The van der Waals surface area contributed by atoms with Crippen LogP contribution in [0.15, 0.2) is 47.8 Å². The van der Waals surface area contributed by atoms with Gasteiger partial charge in [-0.25, -0.2) is 0 Å². The summed E-state index contributed by atoms with van der Waals surface area (Å²) in [6.07, 6.45) is 0.833. The number of fused-ring (bicyclic) bond motifs is 1. The van der Waals surface area contributed by atoms with Gasteiger partial charge in [0.2, 0.25) is 0 Å². The van der Waals surface area contributed by atoms with E-state index in [1.165, 1.54) is 15.6 Å². The van der Waals surface area contributed by atoms with Crippen LogP contribution in [0.5, 0.6) is 5.75 Å². The highest BCUT2D eigenvalue weighted by atomic mass is 32.1. The second-order valence-corrected chi connectivity index (χ2v) is 6.83. The van der Waals surface area contributed by atoms with E-state index in [1.807, 2.05) is 32.0 Å². The quantitative estimate of drug-likeness (QED) is 0.729. The first-order valence-corrected chi connectivity index (χ1v) is 8.93. The molecule has 0 atom stereocenters. The SMILES string of the molecule is Cc1ccc(C)c(OCC(=O)NCCc2csc3ccccc23)c1. The fourth-order valence-electron chi connectivity index (χ4n) is 2.62. The number of nitrogens with one attached hydrogen (secondary N) is 1. The zero-order chi connectivity index (χ0) is 16.9. The Morgan fingerprint density at radius 3 is 2.88 bits per heavy atom. The van der Waals surface area contributed by atoms with Crippen LogP contribution >= 0.6 is 11.3 Å². The van der Waals surface area contributed by atoms with Gasteiger partial charge in [-0.05, 0) is 59.9 Å². The molecule has 1 heterocycles. The summed E-state index contributed by atoms with van der Waals surface area (Å²) in [5.41, 5.74) is 3.45. The molecule has 0 fully saturated rings. The molecule has 0 unspecified atom stereocenters. The Morgan fingerprint density at radius 1 is 1.17 bits per heavy atom. The van der Waals surface area contributed by atoms with Gasteiger partial charge in [0.25, 0.3) is 5.91 Å². The van der Waals surface area contributed by atoms with Crippen molar-refractivity contribution in [1.82, 2.24) is 5.32 Å². The van der Waals surface area contributed by atoms with Crippen molar-refractivity contribution in [3.63, 3.8) is 0 Å². The Labute approximate surface area is 146 Å². The first-order valence-electron chi connectivity index (χ1n) is 8.05. The van der Waals surface area contributed by atoms with Gasteiger partial charge >= 0.3 is 0 Å². The minimum absolute atomic E-state index is 0.0503. The average molecular weight is 339 g/mol. The van der Waals surface area contributed by atoms with E-state index in [-0.39, 0.29) is 12.5 Å². The van der Waals surface area contributed by atoms with Crippen molar-refractivity contribution >= 4 is 27.3 Å². The summed E-state index contributed by atoms with van der Waals surface area (Å²) in [5, 5.41) is 6.38. The first kappa shape index (κ1) is 16.5. The maximum absolute atomic E-state index is 12.0. The molecule has 0 aliphatic heterocycles. The highest BCUT2D eigenvalue weighted by Crippen LogP contribution is 2.25. The molecule has 2 aromatic carbocycles. The van der Waals surface area contributed by atoms with E-state index in [0.717, 1.165) is 23.3 Å². The molecule has 0 aliphatic rings. The lowest BCUT2D eigenvalue weighted by Crippen LogP contribution is -2.30. The average Bonchev–Trinajstić information content (AvgIpc) is 2.99. The predicted octanol–water partition coefficient (Wildman–Crippen LogP) is 4.26. The highest BCUT2D eigenvalue weighted by Gasteiger charge is 2.07. The van der Waals surface area contributed by atoms with Crippen molar-refractivity contribution in [3.05, 3.63) is 64.5 Å². The standard InChI is InChI=1S/C20H21NO2S/c1-14-7-8-15(2)18(11-14)23-12-20(22)21-10-9-16-13-24-19-6-4-3-5-17(16)19/h3-8,11,13H,9-10,12H2,1-2H3,(H,21,22). The van der Waals surface area contributed by atoms with Gasteiger partial charge in [0, 0.05) is 11.2 Å². The van der Waals surface area contributed by atoms with E-state index in [9.17, 15) is 4.79 Å². The van der Waals surface area contributed by atoms with E-state index < -0.39 is 0 Å². The number of carbonyl (C=O) groups excluding carboxylic acids is 1. The van der Waals surface area contributed by atoms with Crippen molar-refractivity contribution in [2.24, 2.45) is 0 Å². The van der Waals surface area contributed by atoms with E-state index in [0.29, 0.717) is 6.54 Å². The Bertz CT molecular complexity index is 854. The summed E-state index contributed by atoms with van der Waals surface area (Å²) in [4.78, 5) is 12.0. The second kappa shape index (κ2) is 7.49. The number of carbonyl (C=O) groups is 1. The van der Waals surface area contributed by atoms with Gasteiger partial charge in [-0.1, -0.05) is 30.3 Å². The summed E-state index contributed by atoms with van der Waals surface area (Å²) < 4.78 is 6.92. The van der Waals surface area contributed by atoms with E-state index in [2.05, 4.69) is 35.0 Å². The minimum Gasteiger partial charge on any atom is -0.483 e. The van der Waals surface area contributed by atoms with Gasteiger partial charge in [-0.3, -0.25) is 4.79 Å². The fraction of sp³-hybridized carbons (Fsp3) is 0.250. The minimum atomic E-state index is -0.0876. The van der Waals surface area contributed by atoms with Crippen molar-refractivity contribution in [1.29, 1.82) is 0 Å². The predicted molar refractivity (Wildman–Crippen MR) is 99.9 cm³/mol. The molecule has 0 radical (unpaired) electrons. The van der Waals surface area contributed by atoms with E-state index in [4.69, 9.17) is 4.74 Å². The van der Waals surface area contributed by atoms with Crippen molar-refractivity contribution in [3.8, 4) is 5.75 Å². The first-order chi connectivity index (χ1) is 11.6. The Hall–Kier alpha value is -2.33. The van der Waals surface area contributed by atoms with Crippen LogP contribution in [0.2, 0.25) is 0 Å². The smallest absolute Gasteiger partial charge is 0.257 e. The van der Waals surface area contributed by atoms with Gasteiger partial charge < -0.3 is 10.1 Å². The molecule has 0 spiro atoms. The third kappa shape index (κ3) is 3.95. The number of thiophene rings is 1. The number of hydrogen-bond donors (Lipinski definition) is 1. The molecular formula is C20H21NO2S. The highest BCUT2D eigenvalue weighted by molar-refractivity contribution is 7.17. The van der Waals surface area contributed by atoms with Crippen LogP contribution in [0.4, 0.5) is 0 Å². The molecule has 24 heavy (non-hydrogen) atoms. The lowest BCUT2D eigenvalue weighted by molar-refractivity contribution is -0.123. The van der Waals surface area contributed by atoms with Crippen LogP contribution in [0, 0.1) is 13.8 Å². The molecule has 0 saturated carbocycles. The van der Waals surface area contributed by atoms with Gasteiger partial charge in [-0.2, -0.15) is 0 Å². The summed E-state index contributed by atoms with van der Waals surface area (Å²) in [7, 11) is 0. The van der Waals surface area contributed by atoms with Crippen LogP contribution in [-0.4, -0.2) is 19.1 Å². The normalized spacial score (nSPS) is 10.8. The molecular weight excluding hydrogens is 318 g/mol. The molecule has 0 bridgehead atoms. The number of hydrogen-bond acceptors (Lipinski definition) is 3. The molecule has 0 saturated heterocycles. The summed E-state index contributed by atoms with van der Waals surface area (Å²) in [6.45, 7) is 4.66. The zero-order valence-electron chi connectivity index (χ0n) is 14.0. The summed E-state index contributed by atoms with van der Waals surface area (Å²) >= 11 is 1.75. The van der Waals surface area contributed by atoms with E-state index >= 15 is 0 Å². The second-order valence-electron chi connectivity index (χ2n) is 5.91. The molecule has 4 heteroatoms. The molecule has 1 N–H and O–H groups in total. The molecule has 3 aromatic rings. The molecule has 1 amide bonds. The van der Waals surface area contributed by atoms with Crippen molar-refractivity contribution in [2.45, 2.75) is 20.3 Å².